The predicted molar refractivity (Wildman–Crippen MR) is 122 cm³/mol. The number of rotatable bonds is 7. The van der Waals surface area contributed by atoms with Gasteiger partial charge in [-0.15, -0.1) is 0 Å². The maximum atomic E-state index is 13.4. The minimum atomic E-state index is -3.74. The lowest BCUT2D eigenvalue weighted by atomic mass is 10.0. The molecule has 1 unspecified atom stereocenters. The Labute approximate surface area is 187 Å². The van der Waals surface area contributed by atoms with E-state index in [4.69, 9.17) is 4.74 Å². The van der Waals surface area contributed by atoms with Crippen LogP contribution in [0.25, 0.3) is 0 Å². The van der Waals surface area contributed by atoms with Gasteiger partial charge in [0.1, 0.15) is 10.6 Å². The SMILES string of the molecule is COc1ccc(C(=O)NC2CCN(CC(C)C)CC2)cc1S(=O)(=O)N1CCCCC1C. The van der Waals surface area contributed by atoms with Crippen LogP contribution < -0.4 is 10.1 Å². The van der Waals surface area contributed by atoms with Gasteiger partial charge in [0.05, 0.1) is 7.11 Å². The topological polar surface area (TPSA) is 79.0 Å². The lowest BCUT2D eigenvalue weighted by molar-refractivity contribution is 0.0907. The fraction of sp³-hybridized carbons (Fsp3) is 0.696. The summed E-state index contributed by atoms with van der Waals surface area (Å²) in [6.45, 7) is 9.89. The molecule has 2 aliphatic rings. The van der Waals surface area contributed by atoms with Gasteiger partial charge in [-0.1, -0.05) is 20.3 Å². The van der Waals surface area contributed by atoms with E-state index in [0.717, 1.165) is 51.7 Å². The summed E-state index contributed by atoms with van der Waals surface area (Å²) in [6, 6.07) is 4.75. The van der Waals surface area contributed by atoms with E-state index in [1.807, 2.05) is 6.92 Å². The van der Waals surface area contributed by atoms with Crippen molar-refractivity contribution in [3.63, 3.8) is 0 Å². The van der Waals surface area contributed by atoms with Crippen molar-refractivity contribution in [2.75, 3.05) is 33.3 Å². The zero-order chi connectivity index (χ0) is 22.6. The number of likely N-dealkylation sites (tertiary alicyclic amines) is 1. The molecule has 174 valence electrons. The van der Waals surface area contributed by atoms with E-state index in [-0.39, 0.29) is 28.6 Å². The van der Waals surface area contributed by atoms with E-state index in [9.17, 15) is 13.2 Å². The van der Waals surface area contributed by atoms with Gasteiger partial charge in [0.2, 0.25) is 10.0 Å². The van der Waals surface area contributed by atoms with Crippen LogP contribution in [0.1, 0.15) is 63.2 Å². The minimum Gasteiger partial charge on any atom is -0.495 e. The molecule has 1 N–H and O–H groups in total. The van der Waals surface area contributed by atoms with Crippen molar-refractivity contribution in [3.05, 3.63) is 23.8 Å². The van der Waals surface area contributed by atoms with E-state index in [1.165, 1.54) is 13.2 Å². The quantitative estimate of drug-likeness (QED) is 0.689. The number of methoxy groups -OCH3 is 1. The van der Waals surface area contributed by atoms with Crippen molar-refractivity contribution in [2.24, 2.45) is 5.92 Å². The van der Waals surface area contributed by atoms with Crippen molar-refractivity contribution in [1.29, 1.82) is 0 Å². The molecular weight excluding hydrogens is 414 g/mol. The standard InChI is InChI=1S/C23H37N3O4S/c1-17(2)16-25-13-10-20(11-14-25)24-23(27)19-8-9-21(30-4)22(15-19)31(28,29)26-12-6-5-7-18(26)3/h8-9,15,17-18,20H,5-7,10-14,16H2,1-4H3,(H,24,27). The van der Waals surface area contributed by atoms with Crippen LogP contribution in [0.15, 0.2) is 23.1 Å². The number of amides is 1. The Kier molecular flexibility index (Phi) is 7.99. The summed E-state index contributed by atoms with van der Waals surface area (Å²) in [6.07, 6.45) is 4.54. The molecule has 0 aromatic heterocycles. The zero-order valence-electron chi connectivity index (χ0n) is 19.3. The van der Waals surface area contributed by atoms with Gasteiger partial charge in [-0.25, -0.2) is 8.42 Å². The average Bonchev–Trinajstić information content (AvgIpc) is 2.74. The van der Waals surface area contributed by atoms with Crippen LogP contribution in [0.2, 0.25) is 0 Å². The Morgan fingerprint density at radius 1 is 1.16 bits per heavy atom. The molecule has 1 atom stereocenters. The molecule has 3 rings (SSSR count). The number of piperidine rings is 2. The molecule has 31 heavy (non-hydrogen) atoms. The summed E-state index contributed by atoms with van der Waals surface area (Å²) in [7, 11) is -2.28. The van der Waals surface area contributed by atoms with Crippen molar-refractivity contribution in [2.45, 2.75) is 69.9 Å². The highest BCUT2D eigenvalue weighted by atomic mass is 32.2. The molecule has 2 saturated heterocycles. The molecule has 1 aromatic rings. The van der Waals surface area contributed by atoms with Gasteiger partial charge in [0.15, 0.2) is 0 Å². The summed E-state index contributed by atoms with van der Waals surface area (Å²) in [5, 5.41) is 3.10. The van der Waals surface area contributed by atoms with E-state index in [1.54, 1.807) is 16.4 Å². The molecule has 0 saturated carbocycles. The number of carbonyl (C=O) groups is 1. The molecular formula is C23H37N3O4S. The van der Waals surface area contributed by atoms with E-state index < -0.39 is 10.0 Å². The van der Waals surface area contributed by atoms with Crippen molar-refractivity contribution >= 4 is 15.9 Å². The molecule has 2 aliphatic heterocycles. The number of carbonyl (C=O) groups excluding carboxylic acids is 1. The van der Waals surface area contributed by atoms with Gasteiger partial charge in [-0.2, -0.15) is 4.31 Å². The van der Waals surface area contributed by atoms with Crippen LogP contribution in [0.4, 0.5) is 0 Å². The van der Waals surface area contributed by atoms with Gasteiger partial charge in [-0.3, -0.25) is 4.79 Å². The molecule has 2 fully saturated rings. The monoisotopic (exact) mass is 451 g/mol. The molecule has 1 amide bonds. The molecule has 1 aromatic carbocycles. The van der Waals surface area contributed by atoms with Crippen molar-refractivity contribution < 1.29 is 17.9 Å². The number of nitrogens with zero attached hydrogens (tertiary/aromatic N) is 2. The second-order valence-corrected chi connectivity index (χ2v) is 11.1. The molecule has 2 heterocycles. The largest absolute Gasteiger partial charge is 0.495 e. The number of sulfonamides is 1. The summed E-state index contributed by atoms with van der Waals surface area (Å²) < 4.78 is 33.6. The zero-order valence-corrected chi connectivity index (χ0v) is 20.1. The van der Waals surface area contributed by atoms with Gasteiger partial charge < -0.3 is 15.0 Å². The Hall–Kier alpha value is -1.64. The van der Waals surface area contributed by atoms with E-state index >= 15 is 0 Å². The van der Waals surface area contributed by atoms with Crippen LogP contribution in [0.5, 0.6) is 5.75 Å². The molecule has 0 spiro atoms. The fourth-order valence-electron chi connectivity index (χ4n) is 4.62. The predicted octanol–water partition coefficient (Wildman–Crippen LogP) is 3.11. The molecule has 7 nitrogen and oxygen atoms in total. The summed E-state index contributed by atoms with van der Waals surface area (Å²) in [4.78, 5) is 15.4. The Balaban J connectivity index is 1.73. The fourth-order valence-corrected chi connectivity index (χ4v) is 6.50. The minimum absolute atomic E-state index is 0.0584. The summed E-state index contributed by atoms with van der Waals surface area (Å²) >= 11 is 0. The first-order chi connectivity index (χ1) is 14.7. The first kappa shape index (κ1) is 24.0. The van der Waals surface area contributed by atoms with Gasteiger partial charge >= 0.3 is 0 Å². The molecule has 8 heteroatoms. The molecule has 0 aliphatic carbocycles. The number of ether oxygens (including phenoxy) is 1. The maximum Gasteiger partial charge on any atom is 0.251 e. The second-order valence-electron chi connectivity index (χ2n) is 9.27. The third kappa shape index (κ3) is 5.79. The van der Waals surface area contributed by atoms with Gasteiger partial charge in [-0.05, 0) is 56.7 Å². The highest BCUT2D eigenvalue weighted by Crippen LogP contribution is 2.31. The Bertz CT molecular complexity index is 864. The van der Waals surface area contributed by atoms with Crippen LogP contribution in [0, 0.1) is 5.92 Å². The normalized spacial score (nSPS) is 21.9. The Morgan fingerprint density at radius 2 is 1.87 bits per heavy atom. The third-order valence-electron chi connectivity index (χ3n) is 6.30. The smallest absolute Gasteiger partial charge is 0.251 e. The van der Waals surface area contributed by atoms with Crippen LogP contribution in [-0.2, 0) is 10.0 Å². The third-order valence-corrected chi connectivity index (χ3v) is 8.34. The van der Waals surface area contributed by atoms with Gasteiger partial charge in [0.25, 0.3) is 5.91 Å². The van der Waals surface area contributed by atoms with E-state index in [2.05, 4.69) is 24.1 Å². The highest BCUT2D eigenvalue weighted by molar-refractivity contribution is 7.89. The average molecular weight is 452 g/mol. The van der Waals surface area contributed by atoms with Crippen LogP contribution >= 0.6 is 0 Å². The number of benzene rings is 1. The molecule has 0 bridgehead atoms. The first-order valence-corrected chi connectivity index (χ1v) is 12.9. The lowest BCUT2D eigenvalue weighted by Gasteiger charge is -2.33. The van der Waals surface area contributed by atoms with Crippen molar-refractivity contribution in [1.82, 2.24) is 14.5 Å². The lowest BCUT2D eigenvalue weighted by Crippen LogP contribution is -2.45. The van der Waals surface area contributed by atoms with E-state index in [0.29, 0.717) is 18.0 Å². The highest BCUT2D eigenvalue weighted by Gasteiger charge is 2.34. The van der Waals surface area contributed by atoms with Crippen molar-refractivity contribution in [3.8, 4) is 5.75 Å². The number of hydrogen-bond donors (Lipinski definition) is 1. The van der Waals surface area contributed by atoms with Crippen LogP contribution in [-0.4, -0.2) is 68.9 Å². The maximum absolute atomic E-state index is 13.4. The summed E-state index contributed by atoms with van der Waals surface area (Å²) in [5.41, 5.74) is 0.355. The first-order valence-electron chi connectivity index (χ1n) is 11.5. The van der Waals surface area contributed by atoms with Crippen LogP contribution in [0.3, 0.4) is 0 Å². The Morgan fingerprint density at radius 3 is 2.48 bits per heavy atom. The summed E-state index contributed by atoms with van der Waals surface area (Å²) in [5.74, 6) is 0.679. The second kappa shape index (κ2) is 10.3. The number of hydrogen-bond acceptors (Lipinski definition) is 5. The molecule has 0 radical (unpaired) electrons. The number of nitrogens with one attached hydrogen (secondary N) is 1. The van der Waals surface area contributed by atoms with Gasteiger partial charge in [0, 0.05) is 43.8 Å².